The molecule has 6 aliphatic carbocycles. The Balaban J connectivity index is 1.20. The van der Waals surface area contributed by atoms with Crippen LogP contribution in [0.1, 0.15) is 45.4 Å². The lowest BCUT2D eigenvalue weighted by Crippen LogP contribution is -2.59. The van der Waals surface area contributed by atoms with Crippen LogP contribution in [0.25, 0.3) is 0 Å². The van der Waals surface area contributed by atoms with Crippen molar-refractivity contribution in [2.24, 2.45) is 47.3 Å². The van der Waals surface area contributed by atoms with Crippen LogP contribution in [-0.4, -0.2) is 46.2 Å². The molecule has 9 nitrogen and oxygen atoms in total. The molecule has 7 fully saturated rings. The standard InChI is InChI=1S/C22H26F2O9S/c1-21(10-3-8-2-9(5-10)6-11(21)4-8)31-19(26)15-13-7-12-14(15)18(25)29-16(12)17(13)30-20(27)22(23,24)34-33-32-28/h8-17,28H,2-7H2,1H3. The number of rotatable bonds is 7. The fourth-order valence-electron chi connectivity index (χ4n) is 8.32. The van der Waals surface area contributed by atoms with E-state index in [9.17, 15) is 23.2 Å². The molecule has 7 aliphatic rings. The molecule has 12 heteroatoms. The zero-order chi connectivity index (χ0) is 24.0. The summed E-state index contributed by atoms with van der Waals surface area (Å²) in [5.74, 6) is -3.75. The van der Waals surface area contributed by atoms with Crippen molar-refractivity contribution in [1.29, 1.82) is 0 Å². The second-order valence-corrected chi connectivity index (χ2v) is 11.9. The maximum Gasteiger partial charge on any atom is 0.415 e. The van der Waals surface area contributed by atoms with Gasteiger partial charge < -0.3 is 14.2 Å². The van der Waals surface area contributed by atoms with Crippen molar-refractivity contribution in [1.82, 2.24) is 0 Å². The fraction of sp³-hybridized carbons (Fsp3) is 0.864. The molecule has 7 rings (SSSR count). The Morgan fingerprint density at radius 2 is 1.74 bits per heavy atom. The number of carbonyl (C=O) groups excluding carboxylic acids is 3. The average molecular weight is 505 g/mol. The monoisotopic (exact) mass is 504 g/mol. The van der Waals surface area contributed by atoms with Crippen molar-refractivity contribution in [2.45, 2.75) is 68.5 Å². The maximum atomic E-state index is 14.0. The van der Waals surface area contributed by atoms with Gasteiger partial charge in [0.15, 0.2) is 0 Å². The molecule has 1 N–H and O–H groups in total. The Hall–Kier alpha value is -1.50. The molecule has 0 aromatic carbocycles. The summed E-state index contributed by atoms with van der Waals surface area (Å²) < 4.78 is 48.3. The van der Waals surface area contributed by atoms with E-state index in [1.54, 1.807) is 0 Å². The van der Waals surface area contributed by atoms with Crippen molar-refractivity contribution >= 4 is 30.0 Å². The van der Waals surface area contributed by atoms with Gasteiger partial charge in [0.05, 0.1) is 11.8 Å². The number of carbonyl (C=O) groups is 3. The molecule has 0 amide bonds. The number of fused-ring (bicyclic) bond motifs is 1. The number of hydrogen-bond acceptors (Lipinski definition) is 10. The quantitative estimate of drug-likeness (QED) is 0.182. The zero-order valence-electron chi connectivity index (χ0n) is 18.4. The predicted molar refractivity (Wildman–Crippen MR) is 107 cm³/mol. The van der Waals surface area contributed by atoms with E-state index in [2.05, 4.69) is 9.37 Å². The summed E-state index contributed by atoms with van der Waals surface area (Å²) in [6.45, 7) is 2.00. The van der Waals surface area contributed by atoms with Crippen LogP contribution < -0.4 is 0 Å². The van der Waals surface area contributed by atoms with Crippen molar-refractivity contribution in [3.8, 4) is 0 Å². The molecule has 188 valence electrons. The second-order valence-electron chi connectivity index (χ2n) is 11.0. The van der Waals surface area contributed by atoms with Crippen molar-refractivity contribution < 1.29 is 52.0 Å². The lowest BCUT2D eigenvalue weighted by Gasteiger charge is -2.59. The van der Waals surface area contributed by atoms with Crippen LogP contribution in [0.4, 0.5) is 8.78 Å². The number of alkyl halides is 2. The van der Waals surface area contributed by atoms with Crippen LogP contribution in [0.5, 0.6) is 0 Å². The summed E-state index contributed by atoms with van der Waals surface area (Å²) in [6.07, 6.45) is 3.68. The lowest BCUT2D eigenvalue weighted by molar-refractivity contribution is -0.433. The molecule has 6 unspecified atom stereocenters. The highest BCUT2D eigenvalue weighted by atomic mass is 32.2. The highest BCUT2D eigenvalue weighted by Crippen LogP contribution is 2.62. The van der Waals surface area contributed by atoms with E-state index in [4.69, 9.17) is 19.5 Å². The third kappa shape index (κ3) is 3.24. The summed E-state index contributed by atoms with van der Waals surface area (Å²) >= 11 is -0.727. The van der Waals surface area contributed by atoms with Crippen LogP contribution in [0.15, 0.2) is 0 Å². The SMILES string of the molecule is CC1(OC(=O)C2C3CC4C(OC(=O)C42)C3OC(=O)C(F)(F)SOOO)C2CC3CC(C2)CC1C3. The van der Waals surface area contributed by atoms with E-state index >= 15 is 0 Å². The molecule has 0 spiro atoms. The molecule has 6 atom stereocenters. The van der Waals surface area contributed by atoms with Gasteiger partial charge in [0.2, 0.25) is 0 Å². The van der Waals surface area contributed by atoms with Crippen LogP contribution in [0.3, 0.4) is 0 Å². The molecule has 1 aliphatic heterocycles. The fourth-order valence-corrected chi connectivity index (χ4v) is 8.56. The first-order valence-corrected chi connectivity index (χ1v) is 12.5. The van der Waals surface area contributed by atoms with Crippen LogP contribution in [0, 0.1) is 47.3 Å². The molecule has 34 heavy (non-hydrogen) atoms. The third-order valence-electron chi connectivity index (χ3n) is 9.55. The Bertz CT molecular complexity index is 885. The molecule has 1 saturated heterocycles. The minimum Gasteiger partial charge on any atom is -0.459 e. The van der Waals surface area contributed by atoms with E-state index < -0.39 is 76.7 Å². The summed E-state index contributed by atoms with van der Waals surface area (Å²) in [5, 5.41) is 7.03. The van der Waals surface area contributed by atoms with Gasteiger partial charge in [-0.05, 0) is 69.1 Å². The maximum absolute atomic E-state index is 14.0. The minimum absolute atomic E-state index is 0.285. The van der Waals surface area contributed by atoms with Gasteiger partial charge in [-0.25, -0.2) is 10.1 Å². The van der Waals surface area contributed by atoms with E-state index in [-0.39, 0.29) is 11.8 Å². The first-order chi connectivity index (χ1) is 16.1. The number of ether oxygens (including phenoxy) is 3. The molecule has 6 bridgehead atoms. The van der Waals surface area contributed by atoms with E-state index in [0.717, 1.165) is 25.7 Å². The zero-order valence-corrected chi connectivity index (χ0v) is 19.2. The van der Waals surface area contributed by atoms with Gasteiger partial charge in [-0.3, -0.25) is 9.59 Å². The number of hydrogen-bond donors (Lipinski definition) is 1. The molecular formula is C22H26F2O9S. The smallest absolute Gasteiger partial charge is 0.415 e. The molecule has 0 radical (unpaired) electrons. The van der Waals surface area contributed by atoms with Gasteiger partial charge in [0.25, 0.3) is 0 Å². The summed E-state index contributed by atoms with van der Waals surface area (Å²) in [7, 11) is 0. The largest absolute Gasteiger partial charge is 0.459 e. The molecule has 0 aromatic rings. The topological polar surface area (TPSA) is 118 Å². The Labute approximate surface area is 198 Å². The van der Waals surface area contributed by atoms with Crippen LogP contribution in [0.2, 0.25) is 0 Å². The third-order valence-corrected chi connectivity index (χ3v) is 10.1. The highest BCUT2D eigenvalue weighted by Gasteiger charge is 2.71. The van der Waals surface area contributed by atoms with Crippen molar-refractivity contribution in [3.05, 3.63) is 0 Å². The Morgan fingerprint density at radius 1 is 1.09 bits per heavy atom. The number of esters is 3. The van der Waals surface area contributed by atoms with E-state index in [1.165, 1.54) is 6.42 Å². The van der Waals surface area contributed by atoms with Crippen molar-refractivity contribution in [3.63, 3.8) is 0 Å². The molecule has 0 aromatic heterocycles. The van der Waals surface area contributed by atoms with Gasteiger partial charge in [-0.2, -0.15) is 8.78 Å². The van der Waals surface area contributed by atoms with Gasteiger partial charge in [-0.1, -0.05) is 5.04 Å². The molecular weight excluding hydrogens is 478 g/mol. The van der Waals surface area contributed by atoms with Gasteiger partial charge in [-0.15, -0.1) is 4.33 Å². The number of halogens is 2. The van der Waals surface area contributed by atoms with Crippen LogP contribution in [-0.2, 0) is 38.0 Å². The normalized spacial score (nSPS) is 47.7. The molecule has 6 saturated carbocycles. The van der Waals surface area contributed by atoms with Crippen LogP contribution >= 0.6 is 12.0 Å². The van der Waals surface area contributed by atoms with Gasteiger partial charge >= 0.3 is 23.2 Å². The first kappa shape index (κ1) is 22.9. The summed E-state index contributed by atoms with van der Waals surface area (Å²) in [6, 6.07) is 0. The van der Waals surface area contributed by atoms with E-state index in [1.807, 2.05) is 6.92 Å². The predicted octanol–water partition coefficient (Wildman–Crippen LogP) is 3.13. The Kier molecular flexibility index (Phi) is 5.23. The Morgan fingerprint density at radius 3 is 2.35 bits per heavy atom. The second kappa shape index (κ2) is 7.75. The van der Waals surface area contributed by atoms with E-state index in [0.29, 0.717) is 18.3 Å². The van der Waals surface area contributed by atoms with Crippen molar-refractivity contribution in [2.75, 3.05) is 0 Å². The first-order valence-electron chi connectivity index (χ1n) is 11.8. The lowest BCUT2D eigenvalue weighted by atomic mass is 9.50. The highest BCUT2D eigenvalue weighted by molar-refractivity contribution is 7.96. The van der Waals surface area contributed by atoms with Gasteiger partial charge in [0.1, 0.15) is 29.9 Å². The summed E-state index contributed by atoms with van der Waals surface area (Å²) in [5.41, 5.74) is -0.605. The van der Waals surface area contributed by atoms with Gasteiger partial charge in [0, 0.05) is 11.8 Å². The average Bonchev–Trinajstić information content (AvgIpc) is 3.39. The minimum atomic E-state index is -4.18. The molecule has 1 heterocycles. The summed E-state index contributed by atoms with van der Waals surface area (Å²) in [4.78, 5) is 38.3.